The van der Waals surface area contributed by atoms with Crippen LogP contribution in [0.1, 0.15) is 52.4 Å². The molecule has 0 heterocycles. The average molecular weight is 241 g/mol. The molecule has 1 fully saturated rings. The Morgan fingerprint density at radius 1 is 1.24 bits per heavy atom. The number of rotatable bonds is 4. The van der Waals surface area contributed by atoms with E-state index in [9.17, 15) is 9.59 Å². The van der Waals surface area contributed by atoms with Gasteiger partial charge in [-0.25, -0.2) is 0 Å². The zero-order valence-electron chi connectivity index (χ0n) is 10.8. The third-order valence-corrected chi connectivity index (χ3v) is 3.56. The number of carbonyl (C=O) groups excluding carboxylic acids is 1. The highest BCUT2D eigenvalue weighted by molar-refractivity contribution is 5.75. The van der Waals surface area contributed by atoms with Crippen LogP contribution in [0.15, 0.2) is 0 Å². The second-order valence-electron chi connectivity index (χ2n) is 5.06. The van der Waals surface area contributed by atoms with Gasteiger partial charge in [-0.2, -0.15) is 0 Å². The van der Waals surface area contributed by atoms with Crippen molar-refractivity contribution in [2.24, 2.45) is 5.92 Å². The van der Waals surface area contributed by atoms with E-state index in [-0.39, 0.29) is 11.9 Å². The van der Waals surface area contributed by atoms with Gasteiger partial charge in [0, 0.05) is 19.5 Å². The molecule has 0 aromatic heterocycles. The van der Waals surface area contributed by atoms with E-state index < -0.39 is 11.9 Å². The van der Waals surface area contributed by atoms with Gasteiger partial charge in [0.15, 0.2) is 0 Å². The van der Waals surface area contributed by atoms with Crippen molar-refractivity contribution in [2.75, 3.05) is 6.54 Å². The maximum absolute atomic E-state index is 11.6. The molecule has 0 aliphatic heterocycles. The maximum Gasteiger partial charge on any atom is 0.308 e. The minimum absolute atomic E-state index is 0.00463. The van der Waals surface area contributed by atoms with Crippen molar-refractivity contribution in [2.45, 2.75) is 58.4 Å². The molecule has 1 aliphatic rings. The van der Waals surface area contributed by atoms with Crippen molar-refractivity contribution >= 4 is 11.9 Å². The SMILES string of the molecule is CC(=O)N(CC(C)C(=O)O)C1CCCCCC1. The highest BCUT2D eigenvalue weighted by Gasteiger charge is 2.25. The van der Waals surface area contributed by atoms with Crippen LogP contribution in [-0.4, -0.2) is 34.5 Å². The Kier molecular flexibility index (Phi) is 5.45. The minimum atomic E-state index is -0.829. The average Bonchev–Trinajstić information content (AvgIpc) is 2.53. The lowest BCUT2D eigenvalue weighted by atomic mass is 10.0. The third kappa shape index (κ3) is 4.36. The first kappa shape index (κ1) is 14.0. The Bertz CT molecular complexity index is 270. The molecule has 17 heavy (non-hydrogen) atoms. The Morgan fingerprint density at radius 2 is 1.76 bits per heavy atom. The molecule has 4 heteroatoms. The van der Waals surface area contributed by atoms with E-state index in [4.69, 9.17) is 5.11 Å². The number of nitrogens with zero attached hydrogens (tertiary/aromatic N) is 1. The molecule has 1 aliphatic carbocycles. The summed E-state index contributed by atoms with van der Waals surface area (Å²) < 4.78 is 0. The first-order valence-electron chi connectivity index (χ1n) is 6.52. The molecule has 0 aromatic carbocycles. The van der Waals surface area contributed by atoms with E-state index in [2.05, 4.69) is 0 Å². The van der Waals surface area contributed by atoms with Crippen molar-refractivity contribution in [1.29, 1.82) is 0 Å². The molecule has 0 spiro atoms. The molecule has 1 N–H and O–H groups in total. The van der Waals surface area contributed by atoms with E-state index in [1.807, 2.05) is 0 Å². The number of carbonyl (C=O) groups is 2. The predicted molar refractivity (Wildman–Crippen MR) is 65.7 cm³/mol. The fraction of sp³-hybridized carbons (Fsp3) is 0.846. The van der Waals surface area contributed by atoms with Crippen molar-refractivity contribution < 1.29 is 14.7 Å². The fourth-order valence-corrected chi connectivity index (χ4v) is 2.48. The molecule has 4 nitrogen and oxygen atoms in total. The summed E-state index contributed by atoms with van der Waals surface area (Å²) >= 11 is 0. The second kappa shape index (κ2) is 6.62. The molecular weight excluding hydrogens is 218 g/mol. The van der Waals surface area contributed by atoms with Gasteiger partial charge in [-0.05, 0) is 12.8 Å². The maximum atomic E-state index is 11.6. The van der Waals surface area contributed by atoms with Gasteiger partial charge >= 0.3 is 5.97 Å². The molecule has 1 saturated carbocycles. The topological polar surface area (TPSA) is 57.6 Å². The number of hydrogen-bond donors (Lipinski definition) is 1. The normalized spacial score (nSPS) is 19.4. The Labute approximate surface area is 103 Å². The monoisotopic (exact) mass is 241 g/mol. The van der Waals surface area contributed by atoms with Crippen LogP contribution in [0, 0.1) is 5.92 Å². The van der Waals surface area contributed by atoms with Crippen LogP contribution in [0.2, 0.25) is 0 Å². The van der Waals surface area contributed by atoms with Crippen LogP contribution in [0.5, 0.6) is 0 Å². The Hall–Kier alpha value is -1.06. The molecule has 1 unspecified atom stereocenters. The van der Waals surface area contributed by atoms with E-state index >= 15 is 0 Å². The summed E-state index contributed by atoms with van der Waals surface area (Å²) in [5, 5.41) is 8.93. The van der Waals surface area contributed by atoms with Crippen molar-refractivity contribution in [3.05, 3.63) is 0 Å². The lowest BCUT2D eigenvalue weighted by molar-refractivity contribution is -0.143. The Balaban J connectivity index is 2.63. The van der Waals surface area contributed by atoms with Gasteiger partial charge in [0.25, 0.3) is 0 Å². The van der Waals surface area contributed by atoms with Gasteiger partial charge in [0.05, 0.1) is 5.92 Å². The summed E-state index contributed by atoms with van der Waals surface area (Å²) in [6.45, 7) is 3.55. The standard InChI is InChI=1S/C13H23NO3/c1-10(13(16)17)9-14(11(2)15)12-7-5-3-4-6-8-12/h10,12H,3-9H2,1-2H3,(H,16,17). The first-order chi connectivity index (χ1) is 8.02. The van der Waals surface area contributed by atoms with Gasteiger partial charge in [-0.15, -0.1) is 0 Å². The Morgan fingerprint density at radius 3 is 2.18 bits per heavy atom. The largest absolute Gasteiger partial charge is 0.481 e. The lowest BCUT2D eigenvalue weighted by Crippen LogP contribution is -2.42. The van der Waals surface area contributed by atoms with Crippen LogP contribution in [0.25, 0.3) is 0 Å². The molecule has 0 saturated heterocycles. The van der Waals surface area contributed by atoms with Crippen LogP contribution >= 0.6 is 0 Å². The van der Waals surface area contributed by atoms with E-state index in [1.165, 1.54) is 12.8 Å². The minimum Gasteiger partial charge on any atom is -0.481 e. The van der Waals surface area contributed by atoms with Gasteiger partial charge in [0.1, 0.15) is 0 Å². The summed E-state index contributed by atoms with van der Waals surface area (Å²) in [6.07, 6.45) is 6.80. The van der Waals surface area contributed by atoms with Crippen LogP contribution in [0.4, 0.5) is 0 Å². The number of amides is 1. The van der Waals surface area contributed by atoms with Gasteiger partial charge in [-0.3, -0.25) is 9.59 Å². The molecule has 98 valence electrons. The zero-order valence-corrected chi connectivity index (χ0v) is 10.8. The summed E-state index contributed by atoms with van der Waals surface area (Å²) in [4.78, 5) is 24.3. The van der Waals surface area contributed by atoms with Crippen LogP contribution < -0.4 is 0 Å². The van der Waals surface area contributed by atoms with Gasteiger partial charge < -0.3 is 10.0 Å². The summed E-state index contributed by atoms with van der Waals surface area (Å²) in [6, 6.07) is 0.247. The number of aliphatic carboxylic acids is 1. The fourth-order valence-electron chi connectivity index (χ4n) is 2.48. The molecule has 0 bridgehead atoms. The zero-order chi connectivity index (χ0) is 12.8. The van der Waals surface area contributed by atoms with E-state index in [0.717, 1.165) is 25.7 Å². The predicted octanol–water partition coefficient (Wildman–Crippen LogP) is 2.28. The number of carboxylic acids is 1. The highest BCUT2D eigenvalue weighted by Crippen LogP contribution is 2.22. The molecule has 0 aromatic rings. The summed E-state index contributed by atoms with van der Waals surface area (Å²) in [5.74, 6) is -1.31. The molecule has 1 amide bonds. The smallest absolute Gasteiger partial charge is 0.308 e. The number of hydrogen-bond acceptors (Lipinski definition) is 2. The van der Waals surface area contributed by atoms with Crippen LogP contribution in [0.3, 0.4) is 0 Å². The third-order valence-electron chi connectivity index (χ3n) is 3.56. The first-order valence-corrected chi connectivity index (χ1v) is 6.52. The molecular formula is C13H23NO3. The molecule has 0 radical (unpaired) electrons. The molecule has 1 rings (SSSR count). The van der Waals surface area contributed by atoms with E-state index in [0.29, 0.717) is 6.54 Å². The van der Waals surface area contributed by atoms with Crippen molar-refractivity contribution in [3.63, 3.8) is 0 Å². The molecule has 1 atom stereocenters. The van der Waals surface area contributed by atoms with Crippen LogP contribution in [-0.2, 0) is 9.59 Å². The quantitative estimate of drug-likeness (QED) is 0.768. The lowest BCUT2D eigenvalue weighted by Gasteiger charge is -2.31. The highest BCUT2D eigenvalue weighted by atomic mass is 16.4. The van der Waals surface area contributed by atoms with Gasteiger partial charge in [-0.1, -0.05) is 32.6 Å². The van der Waals surface area contributed by atoms with Crippen molar-refractivity contribution in [1.82, 2.24) is 4.90 Å². The summed E-state index contributed by atoms with van der Waals surface area (Å²) in [7, 11) is 0. The van der Waals surface area contributed by atoms with Gasteiger partial charge in [0.2, 0.25) is 5.91 Å². The second-order valence-corrected chi connectivity index (χ2v) is 5.06. The summed E-state index contributed by atoms with van der Waals surface area (Å²) in [5.41, 5.74) is 0. The number of carboxylic acid groups (broad SMARTS) is 1. The van der Waals surface area contributed by atoms with E-state index in [1.54, 1.807) is 18.7 Å². The van der Waals surface area contributed by atoms with Crippen molar-refractivity contribution in [3.8, 4) is 0 Å².